The van der Waals surface area contributed by atoms with E-state index in [1.165, 1.54) is 25.4 Å². The summed E-state index contributed by atoms with van der Waals surface area (Å²) in [6.45, 7) is 7.27. The van der Waals surface area contributed by atoms with Gasteiger partial charge in [-0.1, -0.05) is 11.6 Å². The van der Waals surface area contributed by atoms with Gasteiger partial charge in [-0.25, -0.2) is 13.8 Å². The van der Waals surface area contributed by atoms with Crippen molar-refractivity contribution in [2.24, 2.45) is 0 Å². The molecule has 0 aliphatic carbocycles. The summed E-state index contributed by atoms with van der Waals surface area (Å²) in [5, 5.41) is 0.405. The van der Waals surface area contributed by atoms with Crippen LogP contribution < -0.4 is 14.9 Å². The summed E-state index contributed by atoms with van der Waals surface area (Å²) in [5.74, 6) is -1.20. The number of benzene rings is 1. The van der Waals surface area contributed by atoms with E-state index in [4.69, 9.17) is 25.6 Å². The molecule has 2 aromatic rings. The first-order chi connectivity index (χ1) is 13.1. The Morgan fingerprint density at radius 3 is 2.43 bits per heavy atom. The zero-order valence-corrected chi connectivity index (χ0v) is 17.7. The molecule has 0 bridgehead atoms. The van der Waals surface area contributed by atoms with Gasteiger partial charge < -0.3 is 18.8 Å². The molecule has 0 unspecified atom stereocenters. The molecule has 3 rings (SSSR count). The van der Waals surface area contributed by atoms with Crippen LogP contribution in [-0.4, -0.2) is 30.4 Å². The minimum absolute atomic E-state index is 0.0677. The second-order valence-electron chi connectivity index (χ2n) is 7.28. The van der Waals surface area contributed by atoms with Crippen LogP contribution in [0.5, 0.6) is 5.88 Å². The molecule has 0 atom stereocenters. The minimum atomic E-state index is -1.15. The van der Waals surface area contributed by atoms with Crippen molar-refractivity contribution >= 4 is 41.8 Å². The number of nitrogens with zero attached hydrogens (tertiary/aromatic N) is 1. The van der Waals surface area contributed by atoms with E-state index < -0.39 is 30.0 Å². The highest BCUT2D eigenvalue weighted by molar-refractivity contribution is 8.00. The third kappa shape index (κ3) is 3.94. The summed E-state index contributed by atoms with van der Waals surface area (Å²) >= 11 is 7.00. The molecule has 10 heteroatoms. The maximum Gasteiger partial charge on any atom is 0.500 e. The average molecular weight is 429 g/mol. The average Bonchev–Trinajstić information content (AvgIpc) is 2.81. The Kier molecular flexibility index (Phi) is 5.82. The first-order valence-corrected chi connectivity index (χ1v) is 9.71. The molecule has 2 heterocycles. The first kappa shape index (κ1) is 21.2. The standard InChI is InChI=1S/C18H20BClF2N2O3S/c1-17(2)18(3,4)27-19(26-17)14-11(21)6-7-12(15(14)22)24-28-13-8-10(20)9-23-16(13)25-5/h6-9,24H,1-5H3. The van der Waals surface area contributed by atoms with Gasteiger partial charge in [0.2, 0.25) is 5.88 Å². The maximum atomic E-state index is 15.1. The summed E-state index contributed by atoms with van der Waals surface area (Å²) in [5.41, 5.74) is -1.64. The summed E-state index contributed by atoms with van der Waals surface area (Å²) in [4.78, 5) is 4.60. The van der Waals surface area contributed by atoms with Crippen LogP contribution in [0.2, 0.25) is 5.02 Å². The third-order valence-corrected chi connectivity index (χ3v) is 5.91. The van der Waals surface area contributed by atoms with Crippen molar-refractivity contribution in [3.63, 3.8) is 0 Å². The Bertz CT molecular complexity index is 885. The fourth-order valence-corrected chi connectivity index (χ4v) is 3.58. The predicted octanol–water partition coefficient (Wildman–Crippen LogP) is 4.44. The van der Waals surface area contributed by atoms with E-state index >= 15 is 4.39 Å². The van der Waals surface area contributed by atoms with Gasteiger partial charge in [0.05, 0.1) is 39.4 Å². The SMILES string of the molecule is COc1ncc(Cl)cc1SNc1ccc(F)c(B2OC(C)(C)C(C)(C)O2)c1F. The zero-order chi connectivity index (χ0) is 20.7. The molecular formula is C18H20BClF2N2O3S. The molecule has 1 aromatic heterocycles. The molecule has 5 nitrogen and oxygen atoms in total. The molecule has 1 aromatic carbocycles. The molecule has 1 aliphatic rings. The Labute approximate surface area is 172 Å². The highest BCUT2D eigenvalue weighted by Gasteiger charge is 2.53. The number of hydrogen-bond acceptors (Lipinski definition) is 6. The smallest absolute Gasteiger partial charge is 0.480 e. The van der Waals surface area contributed by atoms with E-state index in [1.54, 1.807) is 6.07 Å². The summed E-state index contributed by atoms with van der Waals surface area (Å²) in [6.07, 6.45) is 1.44. The lowest BCUT2D eigenvalue weighted by atomic mass is 9.78. The lowest BCUT2D eigenvalue weighted by molar-refractivity contribution is 0.00578. The number of hydrogen-bond donors (Lipinski definition) is 1. The summed E-state index contributed by atoms with van der Waals surface area (Å²) in [7, 11) is 0.314. The number of rotatable bonds is 5. The molecule has 1 N–H and O–H groups in total. The van der Waals surface area contributed by atoms with E-state index in [0.717, 1.165) is 11.9 Å². The van der Waals surface area contributed by atoms with Gasteiger partial charge in [-0.05, 0) is 57.8 Å². The molecule has 1 fully saturated rings. The number of halogens is 3. The molecule has 0 saturated carbocycles. The second-order valence-corrected chi connectivity index (χ2v) is 8.56. The van der Waals surface area contributed by atoms with Gasteiger partial charge in [0.25, 0.3) is 0 Å². The van der Waals surface area contributed by atoms with Crippen molar-refractivity contribution in [3.05, 3.63) is 41.1 Å². The van der Waals surface area contributed by atoms with E-state index in [9.17, 15) is 4.39 Å². The van der Waals surface area contributed by atoms with Gasteiger partial charge in [0, 0.05) is 6.20 Å². The van der Waals surface area contributed by atoms with Crippen molar-refractivity contribution in [3.8, 4) is 5.88 Å². The van der Waals surface area contributed by atoms with Crippen LogP contribution in [0.15, 0.2) is 29.3 Å². The highest BCUT2D eigenvalue weighted by atomic mass is 35.5. The van der Waals surface area contributed by atoms with Crippen LogP contribution in [0.3, 0.4) is 0 Å². The fraction of sp³-hybridized carbons (Fsp3) is 0.389. The molecular weight excluding hydrogens is 409 g/mol. The minimum Gasteiger partial charge on any atom is -0.480 e. The molecule has 1 aliphatic heterocycles. The van der Waals surface area contributed by atoms with Crippen LogP contribution in [0, 0.1) is 11.6 Å². The Morgan fingerprint density at radius 2 is 1.82 bits per heavy atom. The normalized spacial score (nSPS) is 17.6. The van der Waals surface area contributed by atoms with Crippen LogP contribution in [0.4, 0.5) is 14.5 Å². The van der Waals surface area contributed by atoms with E-state index in [-0.39, 0.29) is 11.2 Å². The van der Waals surface area contributed by atoms with Crippen molar-refractivity contribution in [1.29, 1.82) is 0 Å². The van der Waals surface area contributed by atoms with Crippen molar-refractivity contribution in [1.82, 2.24) is 4.98 Å². The monoisotopic (exact) mass is 428 g/mol. The van der Waals surface area contributed by atoms with E-state index in [0.29, 0.717) is 15.8 Å². The molecule has 0 spiro atoms. The maximum absolute atomic E-state index is 15.1. The Balaban J connectivity index is 1.87. The van der Waals surface area contributed by atoms with Gasteiger partial charge in [-0.3, -0.25) is 0 Å². The second kappa shape index (κ2) is 7.70. The van der Waals surface area contributed by atoms with Gasteiger partial charge in [-0.15, -0.1) is 0 Å². The van der Waals surface area contributed by atoms with Crippen molar-refractivity contribution in [2.75, 3.05) is 11.8 Å². The van der Waals surface area contributed by atoms with Crippen LogP contribution in [0.1, 0.15) is 27.7 Å². The van der Waals surface area contributed by atoms with Crippen molar-refractivity contribution in [2.45, 2.75) is 43.8 Å². The molecule has 150 valence electrons. The number of pyridine rings is 1. The quantitative estimate of drug-likeness (QED) is 0.561. The molecule has 0 radical (unpaired) electrons. The van der Waals surface area contributed by atoms with Crippen LogP contribution >= 0.6 is 23.5 Å². The largest absolute Gasteiger partial charge is 0.500 e. The summed E-state index contributed by atoms with van der Waals surface area (Å²) in [6, 6.07) is 4.10. The van der Waals surface area contributed by atoms with E-state index in [2.05, 4.69) is 9.71 Å². The molecule has 0 amide bonds. The Morgan fingerprint density at radius 1 is 1.18 bits per heavy atom. The van der Waals surface area contributed by atoms with E-state index in [1.807, 2.05) is 27.7 Å². The number of methoxy groups -OCH3 is 1. The lowest BCUT2D eigenvalue weighted by Gasteiger charge is -2.32. The van der Waals surface area contributed by atoms with Crippen LogP contribution in [0.25, 0.3) is 0 Å². The number of nitrogens with one attached hydrogen (secondary N) is 1. The fourth-order valence-electron chi connectivity index (χ4n) is 2.57. The van der Waals surface area contributed by atoms with Gasteiger partial charge in [0.1, 0.15) is 11.6 Å². The highest BCUT2D eigenvalue weighted by Crippen LogP contribution is 2.37. The lowest BCUT2D eigenvalue weighted by Crippen LogP contribution is -2.41. The number of anilines is 1. The van der Waals surface area contributed by atoms with Gasteiger partial charge in [-0.2, -0.15) is 0 Å². The number of aromatic nitrogens is 1. The number of ether oxygens (including phenoxy) is 1. The summed E-state index contributed by atoms with van der Waals surface area (Å²) < 4.78 is 49.2. The topological polar surface area (TPSA) is 52.6 Å². The zero-order valence-electron chi connectivity index (χ0n) is 16.1. The van der Waals surface area contributed by atoms with Gasteiger partial charge >= 0.3 is 7.12 Å². The van der Waals surface area contributed by atoms with Gasteiger partial charge in [0.15, 0.2) is 0 Å². The predicted molar refractivity (Wildman–Crippen MR) is 107 cm³/mol. The Hall–Kier alpha value is -1.55. The van der Waals surface area contributed by atoms with Crippen molar-refractivity contribution < 1.29 is 22.8 Å². The third-order valence-electron chi connectivity index (χ3n) is 4.86. The molecule has 28 heavy (non-hydrogen) atoms. The van der Waals surface area contributed by atoms with Crippen LogP contribution in [-0.2, 0) is 9.31 Å². The first-order valence-electron chi connectivity index (χ1n) is 8.51. The molecule has 1 saturated heterocycles.